The summed E-state index contributed by atoms with van der Waals surface area (Å²) in [6.45, 7) is -0.123. The SMILES string of the molecule is O=C(CCn1cnc2sccc2c1=O)NC(CC(F)(F)F)C(=O)O. The van der Waals surface area contributed by atoms with E-state index >= 15 is 0 Å². The van der Waals surface area contributed by atoms with Gasteiger partial charge in [0.1, 0.15) is 10.9 Å². The number of carboxylic acid groups (broad SMARTS) is 1. The first-order valence-electron chi connectivity index (χ1n) is 6.69. The number of hydrogen-bond acceptors (Lipinski definition) is 5. The highest BCUT2D eigenvalue weighted by Gasteiger charge is 2.36. The molecule has 0 aliphatic heterocycles. The molecular formula is C13H12F3N3O4S. The van der Waals surface area contributed by atoms with E-state index in [9.17, 15) is 27.6 Å². The number of halogens is 3. The molecule has 0 saturated carbocycles. The highest BCUT2D eigenvalue weighted by atomic mass is 32.1. The lowest BCUT2D eigenvalue weighted by atomic mass is 10.2. The average Bonchev–Trinajstić information content (AvgIpc) is 2.93. The third-order valence-electron chi connectivity index (χ3n) is 3.10. The molecule has 0 bridgehead atoms. The van der Waals surface area contributed by atoms with Crippen LogP contribution in [0, 0.1) is 0 Å². The Labute approximate surface area is 136 Å². The second-order valence-electron chi connectivity index (χ2n) is 4.91. The van der Waals surface area contributed by atoms with Crippen molar-refractivity contribution < 1.29 is 27.9 Å². The highest BCUT2D eigenvalue weighted by molar-refractivity contribution is 7.16. The van der Waals surface area contributed by atoms with Crippen LogP contribution >= 0.6 is 11.3 Å². The fourth-order valence-electron chi connectivity index (χ4n) is 1.97. The fraction of sp³-hybridized carbons (Fsp3) is 0.385. The number of nitrogens with one attached hydrogen (secondary N) is 1. The van der Waals surface area contributed by atoms with Gasteiger partial charge in [-0.05, 0) is 11.4 Å². The Morgan fingerprint density at radius 2 is 2.12 bits per heavy atom. The first-order valence-corrected chi connectivity index (χ1v) is 7.57. The Kier molecular flexibility index (Phi) is 5.22. The second-order valence-corrected chi connectivity index (χ2v) is 5.80. The number of aliphatic carboxylic acids is 1. The largest absolute Gasteiger partial charge is 0.480 e. The first kappa shape index (κ1) is 17.9. The zero-order valence-electron chi connectivity index (χ0n) is 12.0. The molecule has 1 atom stereocenters. The molecule has 130 valence electrons. The van der Waals surface area contributed by atoms with E-state index in [-0.39, 0.29) is 18.5 Å². The number of carbonyl (C=O) groups is 2. The van der Waals surface area contributed by atoms with Crippen LogP contribution in [0.3, 0.4) is 0 Å². The molecule has 2 aromatic heterocycles. The van der Waals surface area contributed by atoms with Crippen molar-refractivity contribution in [1.29, 1.82) is 0 Å². The number of amides is 1. The Bertz CT molecular complexity index is 815. The normalized spacial score (nSPS) is 13.0. The molecule has 1 amide bonds. The third-order valence-corrected chi connectivity index (χ3v) is 3.92. The van der Waals surface area contributed by atoms with Gasteiger partial charge < -0.3 is 10.4 Å². The van der Waals surface area contributed by atoms with Gasteiger partial charge in [0, 0.05) is 13.0 Å². The maximum Gasteiger partial charge on any atom is 0.391 e. The number of hydrogen-bond donors (Lipinski definition) is 2. The molecule has 1 unspecified atom stereocenters. The monoisotopic (exact) mass is 363 g/mol. The van der Waals surface area contributed by atoms with Crippen LogP contribution in [-0.2, 0) is 16.1 Å². The zero-order valence-corrected chi connectivity index (χ0v) is 12.9. The standard InChI is InChI=1S/C13H12F3N3O4S/c14-13(15,16)5-8(12(22)23)18-9(20)1-3-19-6-17-10-7(11(19)21)2-4-24-10/h2,4,6,8H,1,3,5H2,(H,18,20)(H,22,23). The zero-order chi connectivity index (χ0) is 17.9. The van der Waals surface area contributed by atoms with Crippen LogP contribution in [0.25, 0.3) is 10.2 Å². The number of thiophene rings is 1. The topological polar surface area (TPSA) is 101 Å². The molecule has 11 heteroatoms. The van der Waals surface area contributed by atoms with E-state index in [0.29, 0.717) is 10.2 Å². The lowest BCUT2D eigenvalue weighted by Gasteiger charge is -2.16. The maximum atomic E-state index is 12.3. The number of carbonyl (C=O) groups excluding carboxylic acids is 1. The van der Waals surface area contributed by atoms with Crippen molar-refractivity contribution in [3.63, 3.8) is 0 Å². The van der Waals surface area contributed by atoms with Gasteiger partial charge in [0.15, 0.2) is 0 Å². The van der Waals surface area contributed by atoms with E-state index in [1.165, 1.54) is 17.7 Å². The summed E-state index contributed by atoms with van der Waals surface area (Å²) in [5.41, 5.74) is -0.376. The molecule has 0 spiro atoms. The van der Waals surface area contributed by atoms with Crippen molar-refractivity contribution in [1.82, 2.24) is 14.9 Å². The summed E-state index contributed by atoms with van der Waals surface area (Å²) in [6.07, 6.45) is -5.50. The molecule has 7 nitrogen and oxygen atoms in total. The number of aryl methyl sites for hydroxylation is 1. The minimum absolute atomic E-state index is 0.123. The van der Waals surface area contributed by atoms with Gasteiger partial charge in [-0.25, -0.2) is 9.78 Å². The third kappa shape index (κ3) is 4.54. The molecule has 0 saturated heterocycles. The molecule has 0 fully saturated rings. The van der Waals surface area contributed by atoms with Gasteiger partial charge in [-0.2, -0.15) is 13.2 Å². The molecular weight excluding hydrogens is 351 g/mol. The van der Waals surface area contributed by atoms with Crippen molar-refractivity contribution in [2.75, 3.05) is 0 Å². The first-order chi connectivity index (χ1) is 11.2. The molecule has 0 aliphatic carbocycles. The molecule has 2 rings (SSSR count). The average molecular weight is 363 g/mol. The highest BCUT2D eigenvalue weighted by Crippen LogP contribution is 2.21. The number of nitrogens with zero attached hydrogens (tertiary/aromatic N) is 2. The molecule has 0 radical (unpaired) electrons. The Morgan fingerprint density at radius 3 is 2.75 bits per heavy atom. The van der Waals surface area contributed by atoms with Crippen molar-refractivity contribution in [3.8, 4) is 0 Å². The Balaban J connectivity index is 1.99. The van der Waals surface area contributed by atoms with E-state index in [4.69, 9.17) is 5.11 Å². The van der Waals surface area contributed by atoms with E-state index in [1.807, 2.05) is 0 Å². The van der Waals surface area contributed by atoms with Crippen LogP contribution in [0.1, 0.15) is 12.8 Å². The lowest BCUT2D eigenvalue weighted by molar-refractivity contribution is -0.160. The predicted octanol–water partition coefficient (Wildman–Crippen LogP) is 1.37. The number of rotatable bonds is 6. The number of aromatic nitrogens is 2. The fourth-order valence-corrected chi connectivity index (χ4v) is 2.70. The van der Waals surface area contributed by atoms with E-state index in [0.717, 1.165) is 4.57 Å². The minimum atomic E-state index is -4.72. The second kappa shape index (κ2) is 6.99. The predicted molar refractivity (Wildman–Crippen MR) is 78.7 cm³/mol. The van der Waals surface area contributed by atoms with Gasteiger partial charge >= 0.3 is 12.1 Å². The van der Waals surface area contributed by atoms with Gasteiger partial charge in [-0.15, -0.1) is 11.3 Å². The maximum absolute atomic E-state index is 12.3. The minimum Gasteiger partial charge on any atom is -0.480 e. The smallest absolute Gasteiger partial charge is 0.391 e. The summed E-state index contributed by atoms with van der Waals surface area (Å²) in [7, 11) is 0. The van der Waals surface area contributed by atoms with Crippen LogP contribution < -0.4 is 10.9 Å². The van der Waals surface area contributed by atoms with Crippen LogP contribution in [-0.4, -0.2) is 38.8 Å². The van der Waals surface area contributed by atoms with E-state index < -0.39 is 30.5 Å². The van der Waals surface area contributed by atoms with Crippen molar-refractivity contribution in [3.05, 3.63) is 28.1 Å². The molecule has 0 aromatic carbocycles. The number of carboxylic acids is 1. The van der Waals surface area contributed by atoms with Crippen molar-refractivity contribution in [2.24, 2.45) is 0 Å². The number of alkyl halides is 3. The molecule has 2 heterocycles. The summed E-state index contributed by atoms with van der Waals surface area (Å²) >= 11 is 1.28. The van der Waals surface area contributed by atoms with Gasteiger partial charge in [0.05, 0.1) is 18.1 Å². The quantitative estimate of drug-likeness (QED) is 0.807. The lowest BCUT2D eigenvalue weighted by Crippen LogP contribution is -2.44. The summed E-state index contributed by atoms with van der Waals surface area (Å²) in [5, 5.41) is 12.6. The summed E-state index contributed by atoms with van der Waals surface area (Å²) in [4.78, 5) is 39.1. The Hall–Kier alpha value is -2.43. The molecule has 0 aliphatic rings. The van der Waals surface area contributed by atoms with Crippen LogP contribution in [0.15, 0.2) is 22.6 Å². The van der Waals surface area contributed by atoms with Gasteiger partial charge in [0.2, 0.25) is 5.91 Å². The van der Waals surface area contributed by atoms with Gasteiger partial charge in [-0.1, -0.05) is 0 Å². The molecule has 24 heavy (non-hydrogen) atoms. The van der Waals surface area contributed by atoms with Crippen LogP contribution in [0.4, 0.5) is 13.2 Å². The number of fused-ring (bicyclic) bond motifs is 1. The summed E-state index contributed by atoms with van der Waals surface area (Å²) < 4.78 is 38.0. The van der Waals surface area contributed by atoms with E-state index in [1.54, 1.807) is 16.8 Å². The van der Waals surface area contributed by atoms with E-state index in [2.05, 4.69) is 4.98 Å². The summed E-state index contributed by atoms with van der Waals surface area (Å²) in [5.74, 6) is -2.68. The Morgan fingerprint density at radius 1 is 1.42 bits per heavy atom. The van der Waals surface area contributed by atoms with Crippen molar-refractivity contribution >= 4 is 33.4 Å². The van der Waals surface area contributed by atoms with Gasteiger partial charge in [-0.3, -0.25) is 14.2 Å². The summed E-state index contributed by atoms with van der Waals surface area (Å²) in [6, 6.07) is -0.484. The van der Waals surface area contributed by atoms with Crippen LogP contribution in [0.2, 0.25) is 0 Å². The van der Waals surface area contributed by atoms with Crippen LogP contribution in [0.5, 0.6) is 0 Å². The molecule has 2 N–H and O–H groups in total. The van der Waals surface area contributed by atoms with Gasteiger partial charge in [0.25, 0.3) is 5.56 Å². The van der Waals surface area contributed by atoms with Crippen molar-refractivity contribution in [2.45, 2.75) is 31.6 Å². The molecule has 2 aromatic rings.